The number of hydrogen-bond donors (Lipinski definition) is 1. The Balaban J connectivity index is 0.00000180. The van der Waals surface area contributed by atoms with Crippen LogP contribution in [0.2, 0.25) is 0 Å². The highest BCUT2D eigenvalue weighted by Crippen LogP contribution is 2.28. The Morgan fingerprint density at radius 1 is 1.42 bits per heavy atom. The molecule has 0 aliphatic carbocycles. The third kappa shape index (κ3) is 2.55. The highest BCUT2D eigenvalue weighted by Gasteiger charge is 2.23. The molecule has 0 atom stereocenters. The minimum Gasteiger partial charge on any atom is -0.464 e. The van der Waals surface area contributed by atoms with E-state index in [0.717, 1.165) is 0 Å². The number of carbonyl (C=O) groups is 1. The van der Waals surface area contributed by atoms with Gasteiger partial charge in [0.1, 0.15) is 0 Å². The van der Waals surface area contributed by atoms with Crippen molar-refractivity contribution in [3.05, 3.63) is 23.4 Å². The average Bonchev–Trinajstić information content (AvgIpc) is 2.71. The molecule has 0 saturated carbocycles. The van der Waals surface area contributed by atoms with Crippen LogP contribution in [0, 0.1) is 6.92 Å². The van der Waals surface area contributed by atoms with Crippen molar-refractivity contribution in [1.29, 1.82) is 0 Å². The van der Waals surface area contributed by atoms with Crippen molar-refractivity contribution in [3.63, 3.8) is 0 Å². The van der Waals surface area contributed by atoms with Crippen LogP contribution in [0.15, 0.2) is 21.6 Å². The Labute approximate surface area is 114 Å². The summed E-state index contributed by atoms with van der Waals surface area (Å²) in [6.45, 7) is 1.44. The van der Waals surface area contributed by atoms with Gasteiger partial charge in [0.2, 0.25) is 0 Å². The topological polar surface area (TPSA) is 107 Å². The lowest BCUT2D eigenvalue weighted by atomic mass is 10.1. The number of ether oxygens (including phenoxy) is 1. The van der Waals surface area contributed by atoms with Crippen molar-refractivity contribution in [2.75, 3.05) is 7.11 Å². The number of benzene rings is 1. The fourth-order valence-corrected chi connectivity index (χ4v) is 2.42. The zero-order chi connectivity index (χ0) is 13.5. The molecule has 0 fully saturated rings. The van der Waals surface area contributed by atoms with Crippen LogP contribution >= 0.6 is 12.4 Å². The van der Waals surface area contributed by atoms with Gasteiger partial charge in [0.15, 0.2) is 11.3 Å². The van der Waals surface area contributed by atoms with E-state index in [1.807, 2.05) is 0 Å². The van der Waals surface area contributed by atoms with Crippen molar-refractivity contribution in [3.8, 4) is 0 Å². The average molecular weight is 308 g/mol. The van der Waals surface area contributed by atoms with Crippen LogP contribution < -0.4 is 0 Å². The molecule has 0 bridgehead atoms. The molecule has 1 aromatic carbocycles. The number of hydrogen-bond acceptors (Lipinski definition) is 6. The van der Waals surface area contributed by atoms with Crippen molar-refractivity contribution in [1.82, 2.24) is 5.16 Å². The molecule has 0 aliphatic rings. The molecule has 104 valence electrons. The summed E-state index contributed by atoms with van der Waals surface area (Å²) in [5.41, 5.74) is 0.285. The number of fused-ring (bicyclic) bond motifs is 1. The van der Waals surface area contributed by atoms with E-state index in [4.69, 9.17) is 9.08 Å². The zero-order valence-corrected chi connectivity index (χ0v) is 11.5. The lowest BCUT2D eigenvalue weighted by molar-refractivity contribution is 0.0591. The summed E-state index contributed by atoms with van der Waals surface area (Å²) in [4.78, 5) is 11.1. The Kier molecular flexibility index (Phi) is 4.18. The fourth-order valence-electron chi connectivity index (χ4n) is 1.69. The van der Waals surface area contributed by atoms with Gasteiger partial charge in [-0.2, -0.15) is 8.42 Å². The number of rotatable bonds is 2. The molecule has 0 unspecified atom stereocenters. The Morgan fingerprint density at radius 2 is 2.05 bits per heavy atom. The van der Waals surface area contributed by atoms with E-state index >= 15 is 0 Å². The number of nitrogens with zero attached hydrogens (tertiary/aromatic N) is 1. The number of aromatic nitrogens is 1. The first kappa shape index (κ1) is 15.4. The summed E-state index contributed by atoms with van der Waals surface area (Å²) >= 11 is 0. The fraction of sp³-hybridized carbons (Fsp3) is 0.200. The van der Waals surface area contributed by atoms with Crippen LogP contribution in [-0.4, -0.2) is 31.2 Å². The number of aryl methyl sites for hydroxylation is 1. The molecule has 0 spiro atoms. The highest BCUT2D eigenvalue weighted by molar-refractivity contribution is 7.85. The Hall–Kier alpha value is -1.64. The SMILES string of the molecule is COC(=O)c1noc2ccc(S(=O)(=O)O)c(C)c12.Cl. The first-order chi connectivity index (χ1) is 8.36. The third-order valence-corrected chi connectivity index (χ3v) is 3.50. The predicted octanol–water partition coefficient (Wildman–Crippen LogP) is 1.59. The molecule has 2 rings (SSSR count). The summed E-state index contributed by atoms with van der Waals surface area (Å²) in [6, 6.07) is 2.49. The maximum absolute atomic E-state index is 11.4. The maximum Gasteiger partial charge on any atom is 0.360 e. The van der Waals surface area contributed by atoms with E-state index in [-0.39, 0.29) is 39.5 Å². The number of esters is 1. The lowest BCUT2D eigenvalue weighted by Crippen LogP contribution is -2.05. The molecule has 0 radical (unpaired) electrons. The number of halogens is 1. The van der Waals surface area contributed by atoms with E-state index in [1.54, 1.807) is 0 Å². The smallest absolute Gasteiger partial charge is 0.360 e. The van der Waals surface area contributed by atoms with E-state index < -0.39 is 16.1 Å². The Morgan fingerprint density at radius 3 is 2.58 bits per heavy atom. The minimum atomic E-state index is -4.37. The van der Waals surface area contributed by atoms with Gasteiger partial charge in [0.25, 0.3) is 10.1 Å². The van der Waals surface area contributed by atoms with Crippen LogP contribution in [0.1, 0.15) is 16.1 Å². The van der Waals surface area contributed by atoms with Crippen LogP contribution in [0.5, 0.6) is 0 Å². The lowest BCUT2D eigenvalue weighted by Gasteiger charge is -2.03. The summed E-state index contributed by atoms with van der Waals surface area (Å²) in [6.07, 6.45) is 0. The van der Waals surface area contributed by atoms with Crippen LogP contribution in [0.4, 0.5) is 0 Å². The summed E-state index contributed by atoms with van der Waals surface area (Å²) in [5, 5.41) is 3.73. The molecule has 2 aromatic rings. The maximum atomic E-state index is 11.4. The van der Waals surface area contributed by atoms with Gasteiger partial charge in [-0.15, -0.1) is 12.4 Å². The number of methoxy groups -OCH3 is 1. The van der Waals surface area contributed by atoms with Gasteiger partial charge in [-0.05, 0) is 24.6 Å². The van der Waals surface area contributed by atoms with Crippen molar-refractivity contribution in [2.45, 2.75) is 11.8 Å². The van der Waals surface area contributed by atoms with Gasteiger partial charge < -0.3 is 9.26 Å². The molecular formula is C10H10ClNO6S. The molecule has 9 heteroatoms. The molecule has 19 heavy (non-hydrogen) atoms. The minimum absolute atomic E-state index is 0. The first-order valence-corrected chi connectivity index (χ1v) is 6.25. The molecule has 0 amide bonds. The second-order valence-corrected chi connectivity index (χ2v) is 4.95. The van der Waals surface area contributed by atoms with E-state index in [0.29, 0.717) is 0 Å². The van der Waals surface area contributed by atoms with Crippen LogP contribution in [0.3, 0.4) is 0 Å². The van der Waals surface area contributed by atoms with Crippen molar-refractivity contribution >= 4 is 39.5 Å². The largest absolute Gasteiger partial charge is 0.464 e. The quantitative estimate of drug-likeness (QED) is 0.663. The van der Waals surface area contributed by atoms with Gasteiger partial charge in [-0.3, -0.25) is 4.55 Å². The molecular weight excluding hydrogens is 298 g/mol. The van der Waals surface area contributed by atoms with E-state index in [2.05, 4.69) is 9.89 Å². The van der Waals surface area contributed by atoms with Crippen molar-refractivity contribution in [2.24, 2.45) is 0 Å². The normalized spacial score (nSPS) is 11.1. The molecule has 0 saturated heterocycles. The van der Waals surface area contributed by atoms with Gasteiger partial charge in [-0.1, -0.05) is 5.16 Å². The third-order valence-electron chi connectivity index (χ3n) is 2.51. The molecule has 1 aromatic heterocycles. The zero-order valence-electron chi connectivity index (χ0n) is 9.91. The predicted molar refractivity (Wildman–Crippen MR) is 67.1 cm³/mol. The molecule has 1 heterocycles. The van der Waals surface area contributed by atoms with Crippen LogP contribution in [-0.2, 0) is 14.9 Å². The summed E-state index contributed by atoms with van der Waals surface area (Å²) in [5.74, 6) is -0.746. The standard InChI is InChI=1S/C10H9NO6S.ClH/c1-5-7(18(13,14)15)4-3-6-8(5)9(11-17-6)10(12)16-2;/h3-4H,1-2H3,(H,13,14,15);1H. The van der Waals surface area contributed by atoms with Gasteiger partial charge in [-0.25, -0.2) is 4.79 Å². The van der Waals surface area contributed by atoms with Gasteiger partial charge >= 0.3 is 5.97 Å². The first-order valence-electron chi connectivity index (χ1n) is 4.81. The van der Waals surface area contributed by atoms with Crippen molar-refractivity contribution < 1.29 is 27.0 Å². The second kappa shape index (κ2) is 5.16. The Bertz CT molecular complexity index is 736. The molecule has 0 aliphatic heterocycles. The van der Waals surface area contributed by atoms with E-state index in [9.17, 15) is 13.2 Å². The van der Waals surface area contributed by atoms with Gasteiger partial charge in [0, 0.05) is 0 Å². The molecule has 7 nitrogen and oxygen atoms in total. The summed E-state index contributed by atoms with van der Waals surface area (Å²) < 4.78 is 40.8. The second-order valence-electron chi connectivity index (χ2n) is 3.56. The van der Waals surface area contributed by atoms with E-state index in [1.165, 1.54) is 26.2 Å². The molecule has 1 N–H and O–H groups in total. The highest BCUT2D eigenvalue weighted by atomic mass is 35.5. The van der Waals surface area contributed by atoms with Gasteiger partial charge in [0.05, 0.1) is 17.4 Å². The summed E-state index contributed by atoms with van der Waals surface area (Å²) in [7, 11) is -3.20. The monoisotopic (exact) mass is 307 g/mol. The van der Waals surface area contributed by atoms with Crippen LogP contribution in [0.25, 0.3) is 11.0 Å². The number of carbonyl (C=O) groups excluding carboxylic acids is 1.